The number of halogens is 2. The SMILES string of the molecule is COc1cc(F)c([N+](=O)[O-])cc1Nc1ncc(C)c(-c2cc(F)c3nc(C)n(C(C)C)c3c2)n1. The standard InChI is InChI=1S/C23H22F2N6O3/c1-11(2)30-13(4)27-22-16(25)6-14(7-19(22)30)21-12(3)10-26-23(29-21)28-17-9-18(31(32)33)15(24)8-20(17)34-5/h6-11H,1-5H3,(H,26,28,29). The number of nitrogens with zero attached hydrogens (tertiary/aromatic N) is 5. The van der Waals surface area contributed by atoms with Gasteiger partial charge in [-0.15, -0.1) is 0 Å². The smallest absolute Gasteiger partial charge is 0.307 e. The van der Waals surface area contributed by atoms with Gasteiger partial charge in [0, 0.05) is 29.9 Å². The Morgan fingerprint density at radius 2 is 1.85 bits per heavy atom. The molecular weight excluding hydrogens is 446 g/mol. The average Bonchev–Trinajstić information content (AvgIpc) is 3.12. The van der Waals surface area contributed by atoms with Gasteiger partial charge >= 0.3 is 5.69 Å². The lowest BCUT2D eigenvalue weighted by Crippen LogP contribution is -2.04. The second-order valence-electron chi connectivity index (χ2n) is 8.06. The van der Waals surface area contributed by atoms with Gasteiger partial charge in [-0.3, -0.25) is 10.1 Å². The number of hydrogen-bond donors (Lipinski definition) is 1. The van der Waals surface area contributed by atoms with Crippen LogP contribution >= 0.6 is 0 Å². The Bertz CT molecular complexity index is 1430. The molecule has 34 heavy (non-hydrogen) atoms. The predicted octanol–water partition coefficient (Wildman–Crippen LogP) is 5.63. The molecule has 0 saturated carbocycles. The molecule has 4 aromatic rings. The number of methoxy groups -OCH3 is 1. The summed E-state index contributed by atoms with van der Waals surface area (Å²) in [7, 11) is 1.31. The lowest BCUT2D eigenvalue weighted by Gasteiger charge is -2.14. The van der Waals surface area contributed by atoms with E-state index in [2.05, 4.69) is 20.3 Å². The molecule has 2 aromatic carbocycles. The van der Waals surface area contributed by atoms with Gasteiger partial charge in [0.05, 0.1) is 28.9 Å². The summed E-state index contributed by atoms with van der Waals surface area (Å²) >= 11 is 0. The van der Waals surface area contributed by atoms with Crippen molar-refractivity contribution in [2.45, 2.75) is 33.7 Å². The number of aromatic nitrogens is 4. The van der Waals surface area contributed by atoms with E-state index in [0.717, 1.165) is 12.1 Å². The van der Waals surface area contributed by atoms with Crippen molar-refractivity contribution in [3.05, 3.63) is 63.6 Å². The third-order valence-electron chi connectivity index (χ3n) is 5.40. The first kappa shape index (κ1) is 23.0. The topological polar surface area (TPSA) is 108 Å². The van der Waals surface area contributed by atoms with Crippen LogP contribution in [0.3, 0.4) is 0 Å². The van der Waals surface area contributed by atoms with Gasteiger partial charge in [0.15, 0.2) is 5.82 Å². The van der Waals surface area contributed by atoms with Crippen molar-refractivity contribution in [2.75, 3.05) is 12.4 Å². The Morgan fingerprint density at radius 1 is 1.12 bits per heavy atom. The third-order valence-corrected chi connectivity index (χ3v) is 5.40. The number of benzene rings is 2. The molecule has 0 bridgehead atoms. The number of hydrogen-bond acceptors (Lipinski definition) is 7. The molecule has 0 spiro atoms. The molecule has 0 fully saturated rings. The molecule has 0 radical (unpaired) electrons. The minimum Gasteiger partial charge on any atom is -0.494 e. The van der Waals surface area contributed by atoms with Gasteiger partial charge in [0.25, 0.3) is 0 Å². The summed E-state index contributed by atoms with van der Waals surface area (Å²) < 4.78 is 36.0. The highest BCUT2D eigenvalue weighted by Crippen LogP contribution is 2.34. The first-order valence-electron chi connectivity index (χ1n) is 10.4. The molecule has 0 atom stereocenters. The van der Waals surface area contributed by atoms with Gasteiger partial charge in [-0.05, 0) is 45.4 Å². The summed E-state index contributed by atoms with van der Waals surface area (Å²) in [5.74, 6) is -0.684. The maximum absolute atomic E-state index is 15.0. The number of nitro benzene ring substituents is 1. The number of fused-ring (bicyclic) bond motifs is 1. The molecule has 2 heterocycles. The first-order valence-corrected chi connectivity index (χ1v) is 10.4. The summed E-state index contributed by atoms with van der Waals surface area (Å²) in [6, 6.07) is 5.18. The van der Waals surface area contributed by atoms with Crippen LogP contribution in [0, 0.1) is 35.6 Å². The van der Waals surface area contributed by atoms with E-state index in [-0.39, 0.29) is 28.9 Å². The van der Waals surface area contributed by atoms with E-state index in [1.165, 1.54) is 13.2 Å². The van der Waals surface area contributed by atoms with Crippen LogP contribution in [0.5, 0.6) is 5.75 Å². The van der Waals surface area contributed by atoms with Gasteiger partial charge in [0.1, 0.15) is 17.1 Å². The van der Waals surface area contributed by atoms with E-state index >= 15 is 0 Å². The molecule has 0 amide bonds. The highest BCUT2D eigenvalue weighted by molar-refractivity contribution is 5.83. The van der Waals surface area contributed by atoms with Crippen LogP contribution < -0.4 is 10.1 Å². The normalized spacial score (nSPS) is 11.3. The largest absolute Gasteiger partial charge is 0.494 e. The summed E-state index contributed by atoms with van der Waals surface area (Å²) in [5, 5.41) is 14.0. The molecule has 1 N–H and O–H groups in total. The zero-order valence-electron chi connectivity index (χ0n) is 19.2. The Balaban J connectivity index is 1.81. The Morgan fingerprint density at radius 3 is 2.50 bits per heavy atom. The van der Waals surface area contributed by atoms with E-state index in [9.17, 15) is 18.9 Å². The number of aryl methyl sites for hydroxylation is 2. The molecule has 0 aliphatic heterocycles. The second-order valence-corrected chi connectivity index (χ2v) is 8.06. The van der Waals surface area contributed by atoms with E-state index in [4.69, 9.17) is 4.74 Å². The fourth-order valence-corrected chi connectivity index (χ4v) is 3.92. The zero-order valence-corrected chi connectivity index (χ0v) is 19.2. The van der Waals surface area contributed by atoms with Crippen molar-refractivity contribution < 1.29 is 18.4 Å². The van der Waals surface area contributed by atoms with Crippen LogP contribution in [-0.4, -0.2) is 31.6 Å². The van der Waals surface area contributed by atoms with Crippen molar-refractivity contribution in [2.24, 2.45) is 0 Å². The van der Waals surface area contributed by atoms with Gasteiger partial charge < -0.3 is 14.6 Å². The quantitative estimate of drug-likeness (QED) is 0.289. The molecule has 0 aliphatic carbocycles. The second kappa shape index (κ2) is 8.65. The maximum Gasteiger partial charge on any atom is 0.307 e. The molecule has 2 aromatic heterocycles. The fourth-order valence-electron chi connectivity index (χ4n) is 3.92. The molecule has 11 heteroatoms. The van der Waals surface area contributed by atoms with Gasteiger partial charge in [-0.2, -0.15) is 4.39 Å². The average molecular weight is 468 g/mol. The monoisotopic (exact) mass is 468 g/mol. The van der Waals surface area contributed by atoms with E-state index in [1.54, 1.807) is 13.1 Å². The summed E-state index contributed by atoms with van der Waals surface area (Å²) in [4.78, 5) is 23.4. The predicted molar refractivity (Wildman–Crippen MR) is 123 cm³/mol. The summed E-state index contributed by atoms with van der Waals surface area (Å²) in [6.07, 6.45) is 1.54. The molecule has 176 valence electrons. The van der Waals surface area contributed by atoms with Crippen molar-refractivity contribution in [3.8, 4) is 17.0 Å². The van der Waals surface area contributed by atoms with Crippen LogP contribution in [-0.2, 0) is 0 Å². The highest BCUT2D eigenvalue weighted by atomic mass is 19.1. The molecule has 0 aliphatic rings. The zero-order chi connectivity index (χ0) is 24.7. The van der Waals surface area contributed by atoms with Crippen LogP contribution in [0.4, 0.5) is 26.1 Å². The van der Waals surface area contributed by atoms with Crippen molar-refractivity contribution >= 4 is 28.4 Å². The number of rotatable bonds is 6. The molecule has 0 saturated heterocycles. The lowest BCUT2D eigenvalue weighted by atomic mass is 10.1. The van der Waals surface area contributed by atoms with E-state index in [1.807, 2.05) is 31.4 Å². The number of anilines is 2. The minimum absolute atomic E-state index is 0.0394. The summed E-state index contributed by atoms with van der Waals surface area (Å²) in [6.45, 7) is 7.60. The fraction of sp³-hybridized carbons (Fsp3) is 0.261. The Labute approximate surface area is 193 Å². The number of ether oxygens (including phenoxy) is 1. The maximum atomic E-state index is 15.0. The van der Waals surface area contributed by atoms with Crippen LogP contribution in [0.25, 0.3) is 22.3 Å². The van der Waals surface area contributed by atoms with Gasteiger partial charge in [-0.1, -0.05) is 0 Å². The lowest BCUT2D eigenvalue weighted by molar-refractivity contribution is -0.387. The molecular formula is C23H22F2N6O3. The number of imidazole rings is 1. The van der Waals surface area contributed by atoms with Crippen LogP contribution in [0.15, 0.2) is 30.5 Å². The first-order chi connectivity index (χ1) is 16.1. The number of nitro groups is 1. The molecule has 4 rings (SSSR count). The third kappa shape index (κ3) is 4.00. The molecule has 0 unspecified atom stereocenters. The van der Waals surface area contributed by atoms with Crippen molar-refractivity contribution in [1.29, 1.82) is 0 Å². The van der Waals surface area contributed by atoms with Crippen LogP contribution in [0.1, 0.15) is 31.3 Å². The number of nitrogens with one attached hydrogen (secondary N) is 1. The van der Waals surface area contributed by atoms with Crippen LogP contribution in [0.2, 0.25) is 0 Å². The Kier molecular flexibility index (Phi) is 5.86. The van der Waals surface area contributed by atoms with E-state index < -0.39 is 22.2 Å². The van der Waals surface area contributed by atoms with Gasteiger partial charge in [-0.25, -0.2) is 19.3 Å². The minimum atomic E-state index is -1.03. The molecule has 9 nitrogen and oxygen atoms in total. The van der Waals surface area contributed by atoms with Crippen molar-refractivity contribution in [1.82, 2.24) is 19.5 Å². The van der Waals surface area contributed by atoms with Gasteiger partial charge in [0.2, 0.25) is 11.8 Å². The Hall–Kier alpha value is -4.15. The van der Waals surface area contributed by atoms with E-state index in [0.29, 0.717) is 28.2 Å². The van der Waals surface area contributed by atoms with Crippen molar-refractivity contribution in [3.63, 3.8) is 0 Å². The summed E-state index contributed by atoms with van der Waals surface area (Å²) in [5.41, 5.74) is 1.98. The highest BCUT2D eigenvalue weighted by Gasteiger charge is 2.21.